The van der Waals surface area contributed by atoms with Crippen LogP contribution in [-0.4, -0.2) is 29.0 Å². The van der Waals surface area contributed by atoms with Crippen molar-refractivity contribution in [1.82, 2.24) is 0 Å². The number of carbonyl (C=O) groups is 1. The SMILES string of the molecule is CCCCC(CC)COC(SCN(c1ccccc1)c1ccc(CCCCCC(C)C)cc1)C(=O)O. The standard InChI is InChI=1S/C31H47NO3S/c1-5-7-15-26(6-2)23-35-31(30(33)34)36-24-32(28-17-12-9-13-18-28)29-21-19-27(20-22-29)16-11-8-10-14-25(3)4/h9,12-13,17-22,25-26,31H,5-8,10-11,14-16,23-24H2,1-4H3,(H,33,34). The van der Waals surface area contributed by atoms with Gasteiger partial charge in [-0.05, 0) is 60.9 Å². The summed E-state index contributed by atoms with van der Waals surface area (Å²) in [4.78, 5) is 14.1. The smallest absolute Gasteiger partial charge is 0.343 e. The monoisotopic (exact) mass is 513 g/mol. The fraction of sp³-hybridized carbons (Fsp3) is 0.581. The fourth-order valence-electron chi connectivity index (χ4n) is 4.26. The first-order valence-corrected chi connectivity index (χ1v) is 14.9. The predicted octanol–water partition coefficient (Wildman–Crippen LogP) is 8.92. The molecule has 2 rings (SSSR count). The number of para-hydroxylation sites is 1. The van der Waals surface area contributed by atoms with E-state index in [1.54, 1.807) is 0 Å². The van der Waals surface area contributed by atoms with E-state index in [4.69, 9.17) is 4.74 Å². The predicted molar refractivity (Wildman–Crippen MR) is 155 cm³/mol. The Hall–Kier alpha value is -1.98. The molecule has 5 heteroatoms. The average Bonchev–Trinajstić information content (AvgIpc) is 2.88. The van der Waals surface area contributed by atoms with Crippen LogP contribution in [0.5, 0.6) is 0 Å². The first kappa shape index (κ1) is 30.2. The molecule has 0 saturated heterocycles. The number of ether oxygens (including phenoxy) is 1. The van der Waals surface area contributed by atoms with Gasteiger partial charge in [-0.2, -0.15) is 0 Å². The Balaban J connectivity index is 2.01. The number of carboxylic acids is 1. The number of hydrogen-bond donors (Lipinski definition) is 1. The lowest BCUT2D eigenvalue weighted by Gasteiger charge is -2.27. The molecule has 2 unspecified atom stereocenters. The molecule has 2 aromatic rings. The molecule has 2 atom stereocenters. The highest BCUT2D eigenvalue weighted by atomic mass is 32.2. The van der Waals surface area contributed by atoms with Crippen LogP contribution >= 0.6 is 11.8 Å². The van der Waals surface area contributed by atoms with Gasteiger partial charge in [0.05, 0.1) is 12.5 Å². The minimum atomic E-state index is -0.911. The minimum absolute atomic E-state index is 0.413. The summed E-state index contributed by atoms with van der Waals surface area (Å²) in [6.45, 7) is 9.41. The first-order valence-electron chi connectivity index (χ1n) is 13.8. The van der Waals surface area contributed by atoms with Gasteiger partial charge in [-0.25, -0.2) is 4.79 Å². The van der Waals surface area contributed by atoms with Gasteiger partial charge < -0.3 is 14.7 Å². The Kier molecular flexibility index (Phi) is 14.7. The van der Waals surface area contributed by atoms with Crippen LogP contribution in [0.2, 0.25) is 0 Å². The Bertz CT molecular complexity index is 841. The molecule has 200 valence electrons. The molecule has 0 spiro atoms. The second-order valence-corrected chi connectivity index (χ2v) is 11.2. The summed E-state index contributed by atoms with van der Waals surface area (Å²) in [5.74, 6) is 0.787. The van der Waals surface area contributed by atoms with Crippen molar-refractivity contribution in [3.63, 3.8) is 0 Å². The number of hydrogen-bond acceptors (Lipinski definition) is 4. The molecule has 4 nitrogen and oxygen atoms in total. The number of carboxylic acid groups (broad SMARTS) is 1. The van der Waals surface area contributed by atoms with E-state index in [1.807, 2.05) is 18.2 Å². The Morgan fingerprint density at radius 1 is 0.917 bits per heavy atom. The maximum Gasteiger partial charge on any atom is 0.343 e. The number of benzene rings is 2. The van der Waals surface area contributed by atoms with Crippen molar-refractivity contribution in [1.29, 1.82) is 0 Å². The van der Waals surface area contributed by atoms with E-state index in [0.717, 1.165) is 49.4 Å². The average molecular weight is 514 g/mol. The third kappa shape index (κ3) is 11.4. The van der Waals surface area contributed by atoms with Crippen LogP contribution in [0.25, 0.3) is 0 Å². The maximum absolute atomic E-state index is 12.0. The summed E-state index contributed by atoms with van der Waals surface area (Å²) >= 11 is 1.33. The summed E-state index contributed by atoms with van der Waals surface area (Å²) in [6.07, 6.45) is 10.6. The summed E-state index contributed by atoms with van der Waals surface area (Å²) in [7, 11) is 0. The number of rotatable bonds is 19. The molecule has 0 fully saturated rings. The van der Waals surface area contributed by atoms with E-state index < -0.39 is 11.4 Å². The van der Waals surface area contributed by atoms with Crippen molar-refractivity contribution in [3.8, 4) is 0 Å². The van der Waals surface area contributed by atoms with Gasteiger partial charge in [0.15, 0.2) is 0 Å². The number of aliphatic carboxylic acids is 1. The van der Waals surface area contributed by atoms with E-state index >= 15 is 0 Å². The first-order chi connectivity index (χ1) is 17.4. The lowest BCUT2D eigenvalue weighted by molar-refractivity contribution is -0.145. The highest BCUT2D eigenvalue weighted by Crippen LogP contribution is 2.30. The van der Waals surface area contributed by atoms with Crippen LogP contribution in [0.1, 0.15) is 84.6 Å². The molecule has 2 aromatic carbocycles. The summed E-state index contributed by atoms with van der Waals surface area (Å²) in [5, 5.41) is 9.81. The van der Waals surface area contributed by atoms with E-state index in [9.17, 15) is 9.90 Å². The third-order valence-electron chi connectivity index (χ3n) is 6.65. The van der Waals surface area contributed by atoms with Crippen molar-refractivity contribution in [2.24, 2.45) is 11.8 Å². The molecule has 36 heavy (non-hydrogen) atoms. The Labute approximate surface area is 223 Å². The van der Waals surface area contributed by atoms with Crippen molar-refractivity contribution >= 4 is 29.1 Å². The molecule has 0 aliphatic heterocycles. The quantitative estimate of drug-likeness (QED) is 0.150. The second kappa shape index (κ2) is 17.5. The van der Waals surface area contributed by atoms with Gasteiger partial charge in [0, 0.05) is 11.4 Å². The molecule has 1 N–H and O–H groups in total. The summed E-state index contributed by atoms with van der Waals surface area (Å²) in [6, 6.07) is 18.9. The van der Waals surface area contributed by atoms with Gasteiger partial charge in [-0.15, -0.1) is 0 Å². The van der Waals surface area contributed by atoms with Crippen molar-refractivity contribution in [2.45, 2.75) is 90.9 Å². The molecular formula is C31H47NO3S. The number of thioether (sulfide) groups is 1. The normalized spacial score (nSPS) is 13.0. The zero-order valence-corrected chi connectivity index (χ0v) is 23.6. The second-order valence-electron chi connectivity index (χ2n) is 10.1. The number of unbranched alkanes of at least 4 members (excludes halogenated alkanes) is 3. The van der Waals surface area contributed by atoms with Crippen LogP contribution in [0.3, 0.4) is 0 Å². The summed E-state index contributed by atoms with van der Waals surface area (Å²) < 4.78 is 5.91. The van der Waals surface area contributed by atoms with Gasteiger partial charge in [-0.1, -0.05) is 108 Å². The molecule has 0 heterocycles. The lowest BCUT2D eigenvalue weighted by atomic mass is 10.0. The molecule has 0 aromatic heterocycles. The van der Waals surface area contributed by atoms with Crippen LogP contribution in [0.4, 0.5) is 11.4 Å². The highest BCUT2D eigenvalue weighted by molar-refractivity contribution is 8.00. The van der Waals surface area contributed by atoms with E-state index in [0.29, 0.717) is 18.4 Å². The highest BCUT2D eigenvalue weighted by Gasteiger charge is 2.22. The number of aryl methyl sites for hydroxylation is 1. The van der Waals surface area contributed by atoms with E-state index in [-0.39, 0.29) is 0 Å². The molecule has 0 aliphatic rings. The van der Waals surface area contributed by atoms with Crippen LogP contribution in [-0.2, 0) is 16.0 Å². The summed E-state index contributed by atoms with van der Waals surface area (Å²) in [5.41, 5.74) is 2.59. The minimum Gasteiger partial charge on any atom is -0.479 e. The molecular weight excluding hydrogens is 466 g/mol. The van der Waals surface area contributed by atoms with Gasteiger partial charge in [0.1, 0.15) is 0 Å². The van der Waals surface area contributed by atoms with Crippen LogP contribution in [0, 0.1) is 11.8 Å². The Morgan fingerprint density at radius 2 is 1.61 bits per heavy atom. The molecule has 0 saturated carbocycles. The van der Waals surface area contributed by atoms with Crippen LogP contribution < -0.4 is 4.90 Å². The molecule has 0 amide bonds. The number of nitrogens with zero attached hydrogens (tertiary/aromatic N) is 1. The molecule has 0 aliphatic carbocycles. The van der Waals surface area contributed by atoms with E-state index in [1.165, 1.54) is 43.0 Å². The molecule has 0 radical (unpaired) electrons. The topological polar surface area (TPSA) is 49.8 Å². The number of anilines is 2. The van der Waals surface area contributed by atoms with Crippen LogP contribution in [0.15, 0.2) is 54.6 Å². The zero-order chi connectivity index (χ0) is 26.2. The van der Waals surface area contributed by atoms with Crippen molar-refractivity contribution in [3.05, 3.63) is 60.2 Å². The van der Waals surface area contributed by atoms with Gasteiger partial charge in [0.2, 0.25) is 5.44 Å². The fourth-order valence-corrected chi connectivity index (χ4v) is 5.16. The maximum atomic E-state index is 12.0. The lowest BCUT2D eigenvalue weighted by Crippen LogP contribution is -2.27. The zero-order valence-electron chi connectivity index (χ0n) is 22.8. The molecule has 0 bridgehead atoms. The van der Waals surface area contributed by atoms with Gasteiger partial charge >= 0.3 is 5.97 Å². The van der Waals surface area contributed by atoms with Crippen molar-refractivity contribution < 1.29 is 14.6 Å². The van der Waals surface area contributed by atoms with Crippen molar-refractivity contribution in [2.75, 3.05) is 17.4 Å². The largest absolute Gasteiger partial charge is 0.479 e. The van der Waals surface area contributed by atoms with Gasteiger partial charge in [0.25, 0.3) is 0 Å². The Morgan fingerprint density at radius 3 is 2.22 bits per heavy atom. The third-order valence-corrected chi connectivity index (χ3v) is 7.69. The van der Waals surface area contributed by atoms with E-state index in [2.05, 4.69) is 69.0 Å². The van der Waals surface area contributed by atoms with Gasteiger partial charge in [-0.3, -0.25) is 0 Å².